The highest BCUT2D eigenvalue weighted by atomic mass is 16.4. The lowest BCUT2D eigenvalue weighted by molar-refractivity contribution is -0.138. The number of aromatic nitrogens is 2. The van der Waals surface area contributed by atoms with Crippen LogP contribution in [0.5, 0.6) is 0 Å². The molecule has 2 rings (SSSR count). The van der Waals surface area contributed by atoms with E-state index in [2.05, 4.69) is 5.10 Å². The zero-order valence-electron chi connectivity index (χ0n) is 9.70. The van der Waals surface area contributed by atoms with Crippen molar-refractivity contribution in [3.63, 3.8) is 0 Å². The Labute approximate surface area is 102 Å². The molecule has 2 aromatic rings. The van der Waals surface area contributed by atoms with Gasteiger partial charge in [0.1, 0.15) is 6.73 Å². The number of aliphatic hydroxyl groups is 1. The second kappa shape index (κ2) is 4.58. The molecule has 94 valence electrons. The van der Waals surface area contributed by atoms with Gasteiger partial charge in [-0.2, -0.15) is 5.10 Å². The average Bonchev–Trinajstić information content (AvgIpc) is 2.38. The van der Waals surface area contributed by atoms with Crippen molar-refractivity contribution in [2.75, 3.05) is 0 Å². The smallest absolute Gasteiger partial charge is 0.312 e. The number of carbonyl (C=O) groups is 1. The van der Waals surface area contributed by atoms with E-state index in [9.17, 15) is 9.59 Å². The normalized spacial score (nSPS) is 12.6. The van der Waals surface area contributed by atoms with Crippen molar-refractivity contribution in [3.8, 4) is 0 Å². The van der Waals surface area contributed by atoms with E-state index in [0.29, 0.717) is 10.8 Å². The number of carboxylic acid groups (broad SMARTS) is 1. The molecule has 0 aliphatic rings. The summed E-state index contributed by atoms with van der Waals surface area (Å²) < 4.78 is 0.858. The fourth-order valence-corrected chi connectivity index (χ4v) is 1.79. The van der Waals surface area contributed by atoms with Crippen molar-refractivity contribution in [3.05, 3.63) is 40.3 Å². The summed E-state index contributed by atoms with van der Waals surface area (Å²) in [6.45, 7) is 0.909. The molecule has 0 radical (unpaired) electrons. The minimum atomic E-state index is -1.03. The van der Waals surface area contributed by atoms with E-state index in [1.54, 1.807) is 24.3 Å². The molecular weight excluding hydrogens is 236 g/mol. The Bertz CT molecular complexity index is 663. The van der Waals surface area contributed by atoms with Crippen LogP contribution in [0.2, 0.25) is 0 Å². The predicted octanol–water partition coefficient (Wildman–Crippen LogP) is 0.534. The van der Waals surface area contributed by atoms with Crippen molar-refractivity contribution in [1.82, 2.24) is 9.78 Å². The van der Waals surface area contributed by atoms with E-state index in [1.807, 2.05) is 0 Å². The molecular formula is C12H12N2O4. The summed E-state index contributed by atoms with van der Waals surface area (Å²) in [4.78, 5) is 22.9. The Hall–Kier alpha value is -2.21. The molecule has 2 N–H and O–H groups in total. The zero-order chi connectivity index (χ0) is 13.3. The van der Waals surface area contributed by atoms with E-state index >= 15 is 0 Å². The molecule has 6 heteroatoms. The van der Waals surface area contributed by atoms with Crippen LogP contribution >= 0.6 is 0 Å². The van der Waals surface area contributed by atoms with Crippen LogP contribution in [0.25, 0.3) is 10.8 Å². The average molecular weight is 248 g/mol. The Kier molecular flexibility index (Phi) is 3.12. The van der Waals surface area contributed by atoms with Gasteiger partial charge in [-0.1, -0.05) is 18.2 Å². The lowest BCUT2D eigenvalue weighted by Crippen LogP contribution is -2.26. The van der Waals surface area contributed by atoms with E-state index in [1.165, 1.54) is 6.92 Å². The fraction of sp³-hybridized carbons (Fsp3) is 0.250. The molecule has 0 amide bonds. The standard InChI is InChI=1S/C12H12N2O4/c1-7(12(17)18)10-8-4-2-3-5-9(8)11(16)14(6-15)13-10/h2-5,7,15H,6H2,1H3,(H,17,18). The zero-order valence-corrected chi connectivity index (χ0v) is 9.70. The second-order valence-corrected chi connectivity index (χ2v) is 3.94. The molecule has 1 atom stereocenters. The van der Waals surface area contributed by atoms with Gasteiger partial charge in [-0.3, -0.25) is 9.59 Å². The molecule has 0 saturated heterocycles. The highest BCUT2D eigenvalue weighted by molar-refractivity contribution is 5.88. The number of carboxylic acids is 1. The first-order valence-corrected chi connectivity index (χ1v) is 5.39. The number of hydrogen-bond acceptors (Lipinski definition) is 4. The van der Waals surface area contributed by atoms with E-state index in [0.717, 1.165) is 4.68 Å². The molecule has 1 aromatic heterocycles. The maximum absolute atomic E-state index is 11.9. The van der Waals surface area contributed by atoms with Gasteiger partial charge in [-0.25, -0.2) is 4.68 Å². The number of rotatable bonds is 3. The molecule has 0 bridgehead atoms. The maximum Gasteiger partial charge on any atom is 0.312 e. The number of aliphatic carboxylic acids is 1. The van der Waals surface area contributed by atoms with Crippen molar-refractivity contribution < 1.29 is 15.0 Å². The largest absolute Gasteiger partial charge is 0.481 e. The van der Waals surface area contributed by atoms with E-state index < -0.39 is 24.2 Å². The van der Waals surface area contributed by atoms with Gasteiger partial charge in [0.15, 0.2) is 0 Å². The Morgan fingerprint density at radius 3 is 2.56 bits per heavy atom. The highest BCUT2D eigenvalue weighted by Gasteiger charge is 2.20. The molecule has 1 aromatic carbocycles. The maximum atomic E-state index is 11.9. The predicted molar refractivity (Wildman–Crippen MR) is 64.3 cm³/mol. The summed E-state index contributed by atoms with van der Waals surface area (Å²) in [6.07, 6.45) is 0. The van der Waals surface area contributed by atoms with Gasteiger partial charge in [0.25, 0.3) is 5.56 Å². The SMILES string of the molecule is CC(C(=O)O)c1nn(CO)c(=O)c2ccccc12. The van der Waals surface area contributed by atoms with Crippen LogP contribution in [0.15, 0.2) is 29.1 Å². The monoisotopic (exact) mass is 248 g/mol. The van der Waals surface area contributed by atoms with Gasteiger partial charge in [0.2, 0.25) is 0 Å². The summed E-state index contributed by atoms with van der Waals surface area (Å²) in [5.41, 5.74) is -0.166. The minimum Gasteiger partial charge on any atom is -0.481 e. The summed E-state index contributed by atoms with van der Waals surface area (Å²) in [6, 6.07) is 6.63. The van der Waals surface area contributed by atoms with Crippen LogP contribution in [0, 0.1) is 0 Å². The first kappa shape index (κ1) is 12.3. The van der Waals surface area contributed by atoms with E-state index in [-0.39, 0.29) is 5.69 Å². The van der Waals surface area contributed by atoms with Crippen LogP contribution in [0.1, 0.15) is 18.5 Å². The third kappa shape index (κ3) is 1.86. The molecule has 1 unspecified atom stereocenters. The number of fused-ring (bicyclic) bond motifs is 1. The van der Waals surface area contributed by atoms with Crippen LogP contribution in [0.3, 0.4) is 0 Å². The van der Waals surface area contributed by atoms with Crippen LogP contribution in [0.4, 0.5) is 0 Å². The van der Waals surface area contributed by atoms with Crippen molar-refractivity contribution in [1.29, 1.82) is 0 Å². The molecule has 0 aliphatic carbocycles. The third-order valence-corrected chi connectivity index (χ3v) is 2.81. The lowest BCUT2D eigenvalue weighted by Gasteiger charge is -2.11. The van der Waals surface area contributed by atoms with E-state index in [4.69, 9.17) is 10.2 Å². The quantitative estimate of drug-likeness (QED) is 0.826. The summed E-state index contributed by atoms with van der Waals surface area (Å²) >= 11 is 0. The van der Waals surface area contributed by atoms with Gasteiger partial charge in [0, 0.05) is 5.39 Å². The lowest BCUT2D eigenvalue weighted by atomic mass is 10.0. The van der Waals surface area contributed by atoms with Gasteiger partial charge in [-0.15, -0.1) is 0 Å². The molecule has 18 heavy (non-hydrogen) atoms. The van der Waals surface area contributed by atoms with Gasteiger partial charge >= 0.3 is 5.97 Å². The number of benzene rings is 1. The number of aliphatic hydroxyl groups excluding tert-OH is 1. The van der Waals surface area contributed by atoms with Crippen molar-refractivity contribution >= 4 is 16.7 Å². The second-order valence-electron chi connectivity index (χ2n) is 3.94. The fourth-order valence-electron chi connectivity index (χ4n) is 1.79. The summed E-state index contributed by atoms with van der Waals surface area (Å²) in [5, 5.41) is 22.9. The van der Waals surface area contributed by atoms with Crippen LogP contribution in [-0.4, -0.2) is 26.0 Å². The molecule has 1 heterocycles. The molecule has 0 aliphatic heterocycles. The Balaban J connectivity index is 2.84. The van der Waals surface area contributed by atoms with Crippen molar-refractivity contribution in [2.45, 2.75) is 19.6 Å². The van der Waals surface area contributed by atoms with Gasteiger partial charge in [0.05, 0.1) is 17.0 Å². The Morgan fingerprint density at radius 2 is 2.00 bits per heavy atom. The van der Waals surface area contributed by atoms with Crippen LogP contribution in [-0.2, 0) is 11.5 Å². The Morgan fingerprint density at radius 1 is 1.39 bits per heavy atom. The minimum absolute atomic E-state index is 0.270. The summed E-state index contributed by atoms with van der Waals surface area (Å²) in [7, 11) is 0. The first-order valence-electron chi connectivity index (χ1n) is 5.39. The van der Waals surface area contributed by atoms with Crippen molar-refractivity contribution in [2.24, 2.45) is 0 Å². The third-order valence-electron chi connectivity index (χ3n) is 2.81. The van der Waals surface area contributed by atoms with Gasteiger partial charge < -0.3 is 10.2 Å². The first-order chi connectivity index (χ1) is 8.56. The number of nitrogens with zero attached hydrogens (tertiary/aromatic N) is 2. The summed E-state index contributed by atoms with van der Waals surface area (Å²) in [5.74, 6) is -1.89. The molecule has 0 spiro atoms. The topological polar surface area (TPSA) is 92.4 Å². The number of hydrogen-bond donors (Lipinski definition) is 2. The molecule has 0 saturated carbocycles. The van der Waals surface area contributed by atoms with Crippen LogP contribution < -0.4 is 5.56 Å². The molecule has 0 fully saturated rings. The highest BCUT2D eigenvalue weighted by Crippen LogP contribution is 2.21. The van der Waals surface area contributed by atoms with Gasteiger partial charge in [-0.05, 0) is 13.0 Å². The molecule has 6 nitrogen and oxygen atoms in total.